The van der Waals surface area contributed by atoms with Crippen LogP contribution in [-0.4, -0.2) is 54.3 Å². The maximum absolute atomic E-state index is 13.6. The van der Waals surface area contributed by atoms with E-state index >= 15 is 0 Å². The van der Waals surface area contributed by atoms with Crippen molar-refractivity contribution in [1.29, 1.82) is 0 Å². The van der Waals surface area contributed by atoms with Crippen molar-refractivity contribution >= 4 is 27.6 Å². The summed E-state index contributed by atoms with van der Waals surface area (Å²) in [7, 11) is -4.02. The number of aliphatic hydroxyl groups excluding tert-OH is 1. The second-order valence-corrected chi connectivity index (χ2v) is 11.5. The van der Waals surface area contributed by atoms with Gasteiger partial charge in [0, 0.05) is 13.1 Å². The van der Waals surface area contributed by atoms with Crippen LogP contribution in [0.2, 0.25) is 0 Å². The largest absolute Gasteiger partial charge is 0.465 e. The molecule has 0 saturated heterocycles. The van der Waals surface area contributed by atoms with Crippen LogP contribution in [0.1, 0.15) is 25.2 Å². The number of nitrogens with one attached hydrogen (secondary N) is 2. The molecule has 4 N–H and O–H groups in total. The van der Waals surface area contributed by atoms with Crippen molar-refractivity contribution in [2.75, 3.05) is 18.1 Å². The van der Waals surface area contributed by atoms with Gasteiger partial charge in [0.15, 0.2) is 5.76 Å². The summed E-state index contributed by atoms with van der Waals surface area (Å²) in [6, 6.07) is 17.9. The number of amides is 1. The van der Waals surface area contributed by atoms with Gasteiger partial charge in [0.25, 0.3) is 0 Å². The summed E-state index contributed by atoms with van der Waals surface area (Å²) in [6.45, 7) is 3.60. The molecule has 1 aliphatic heterocycles. The third-order valence-electron chi connectivity index (χ3n) is 6.05. The normalized spacial score (nSPS) is 15.2. The van der Waals surface area contributed by atoms with Crippen molar-refractivity contribution in [2.24, 2.45) is 5.92 Å². The Morgan fingerprint density at radius 3 is 2.38 bits per heavy atom. The zero-order valence-electron chi connectivity index (χ0n) is 21.6. The number of carbonyl (C=O) groups is 1. The van der Waals surface area contributed by atoms with Gasteiger partial charge in [0.05, 0.1) is 35.2 Å². The molecule has 0 radical (unpaired) electrons. The van der Waals surface area contributed by atoms with Crippen LogP contribution in [0, 0.1) is 5.92 Å². The quantitative estimate of drug-likeness (QED) is 0.264. The third kappa shape index (κ3) is 7.18. The molecule has 12 heteroatoms. The summed E-state index contributed by atoms with van der Waals surface area (Å²) < 4.78 is 33.8. The standard InChI is InChI=1S/C27H32N4O7S/c1-19(2)16-30(17-24(32)23(28-27(33)34)15-20-7-4-3-5-8-20)39(35,36)22-12-10-21(11-13-22)31-18-26(38-29-31)25-9-6-14-37-25/h3-14,18-19,23-24,28-29,32H,15-17H2,1-2H3,(H,33,34)/t23-,24-/m0/s1. The molecule has 3 aromatic rings. The Labute approximate surface area is 227 Å². The van der Waals surface area contributed by atoms with E-state index in [1.165, 1.54) is 22.7 Å². The van der Waals surface area contributed by atoms with E-state index < -0.39 is 28.3 Å². The van der Waals surface area contributed by atoms with Gasteiger partial charge in [0.1, 0.15) is 0 Å². The van der Waals surface area contributed by atoms with E-state index in [1.807, 2.05) is 44.2 Å². The second-order valence-electron chi connectivity index (χ2n) is 9.56. The number of carboxylic acid groups (broad SMARTS) is 1. The number of sulfonamides is 1. The molecule has 1 aliphatic rings. The van der Waals surface area contributed by atoms with Gasteiger partial charge in [-0.25, -0.2) is 18.2 Å². The Bertz CT molecular complexity index is 1360. The van der Waals surface area contributed by atoms with Gasteiger partial charge in [-0.3, -0.25) is 0 Å². The molecule has 2 heterocycles. The molecule has 0 bridgehead atoms. The molecule has 0 unspecified atom stereocenters. The number of rotatable bonds is 12. The van der Waals surface area contributed by atoms with Gasteiger partial charge in [-0.2, -0.15) is 4.31 Å². The van der Waals surface area contributed by atoms with E-state index in [-0.39, 0.29) is 30.3 Å². The lowest BCUT2D eigenvalue weighted by Gasteiger charge is -2.30. The van der Waals surface area contributed by atoms with Gasteiger partial charge in [0.2, 0.25) is 15.8 Å². The minimum Gasteiger partial charge on any atom is -0.465 e. The Morgan fingerprint density at radius 2 is 1.77 bits per heavy atom. The zero-order valence-corrected chi connectivity index (χ0v) is 22.4. The Morgan fingerprint density at radius 1 is 1.05 bits per heavy atom. The minimum absolute atomic E-state index is 0.0395. The molecular weight excluding hydrogens is 524 g/mol. The zero-order chi connectivity index (χ0) is 28.0. The number of hydrogen-bond donors (Lipinski definition) is 4. The Kier molecular flexibility index (Phi) is 8.92. The molecule has 0 saturated carbocycles. The number of hydrogen-bond acceptors (Lipinski definition) is 8. The highest BCUT2D eigenvalue weighted by atomic mass is 32.2. The van der Waals surface area contributed by atoms with Crippen molar-refractivity contribution in [3.8, 4) is 0 Å². The highest BCUT2D eigenvalue weighted by molar-refractivity contribution is 7.89. The first-order valence-electron chi connectivity index (χ1n) is 12.4. The average Bonchev–Trinajstić information content (AvgIpc) is 3.61. The molecule has 1 amide bonds. The fraction of sp³-hybridized carbons (Fsp3) is 0.296. The molecule has 39 heavy (non-hydrogen) atoms. The first-order chi connectivity index (χ1) is 18.6. The molecule has 0 fully saturated rings. The van der Waals surface area contributed by atoms with E-state index in [4.69, 9.17) is 9.25 Å². The second kappa shape index (κ2) is 12.3. The topological polar surface area (TPSA) is 145 Å². The van der Waals surface area contributed by atoms with Crippen LogP contribution in [0.15, 0.2) is 88.5 Å². The van der Waals surface area contributed by atoms with Crippen LogP contribution >= 0.6 is 0 Å². The molecular formula is C27H32N4O7S. The lowest BCUT2D eigenvalue weighted by Crippen LogP contribution is -2.50. The lowest BCUT2D eigenvalue weighted by molar-refractivity contribution is 0.0980. The van der Waals surface area contributed by atoms with E-state index in [9.17, 15) is 23.4 Å². The van der Waals surface area contributed by atoms with Crippen molar-refractivity contribution < 1.29 is 32.7 Å². The van der Waals surface area contributed by atoms with E-state index in [1.54, 1.807) is 35.5 Å². The predicted octanol–water partition coefficient (Wildman–Crippen LogP) is 3.42. The highest BCUT2D eigenvalue weighted by Gasteiger charge is 2.31. The number of anilines is 1. The van der Waals surface area contributed by atoms with Crippen LogP contribution in [-0.2, 0) is 21.3 Å². The lowest BCUT2D eigenvalue weighted by atomic mass is 10.0. The predicted molar refractivity (Wildman–Crippen MR) is 145 cm³/mol. The monoisotopic (exact) mass is 556 g/mol. The Balaban J connectivity index is 1.52. The Hall–Kier alpha value is -3.84. The summed E-state index contributed by atoms with van der Waals surface area (Å²) in [6.07, 6.45) is 0.824. The van der Waals surface area contributed by atoms with Crippen molar-refractivity contribution in [2.45, 2.75) is 37.3 Å². The first-order valence-corrected chi connectivity index (χ1v) is 13.9. The van der Waals surface area contributed by atoms with Crippen molar-refractivity contribution in [3.63, 3.8) is 0 Å². The molecule has 0 spiro atoms. The van der Waals surface area contributed by atoms with E-state index in [0.29, 0.717) is 17.2 Å². The minimum atomic E-state index is -4.02. The maximum Gasteiger partial charge on any atom is 0.404 e. The number of hydrazine groups is 1. The summed E-state index contributed by atoms with van der Waals surface area (Å²) in [5, 5.41) is 24.3. The van der Waals surface area contributed by atoms with Gasteiger partial charge in [-0.1, -0.05) is 49.8 Å². The molecule has 2 aromatic carbocycles. The van der Waals surface area contributed by atoms with E-state index in [0.717, 1.165) is 5.56 Å². The van der Waals surface area contributed by atoms with Crippen LogP contribution in [0.3, 0.4) is 0 Å². The number of nitrogens with zero attached hydrogens (tertiary/aromatic N) is 2. The smallest absolute Gasteiger partial charge is 0.404 e. The summed E-state index contributed by atoms with van der Waals surface area (Å²) in [4.78, 5) is 16.9. The van der Waals surface area contributed by atoms with E-state index in [2.05, 4.69) is 10.9 Å². The number of furan rings is 1. The molecule has 0 aliphatic carbocycles. The van der Waals surface area contributed by atoms with Crippen molar-refractivity contribution in [1.82, 2.24) is 15.2 Å². The molecule has 208 valence electrons. The van der Waals surface area contributed by atoms with Crippen LogP contribution in [0.25, 0.3) is 5.76 Å². The number of benzene rings is 2. The molecule has 11 nitrogen and oxygen atoms in total. The van der Waals surface area contributed by atoms with Crippen LogP contribution < -0.4 is 15.9 Å². The van der Waals surface area contributed by atoms with Gasteiger partial charge >= 0.3 is 6.09 Å². The van der Waals surface area contributed by atoms with Gasteiger partial charge in [-0.15, -0.1) is 0 Å². The summed E-state index contributed by atoms with van der Waals surface area (Å²) >= 11 is 0. The molecule has 1 aromatic heterocycles. The average molecular weight is 557 g/mol. The van der Waals surface area contributed by atoms with Crippen LogP contribution in [0.5, 0.6) is 0 Å². The number of aliphatic hydroxyl groups is 1. The molecule has 4 rings (SSSR count). The SMILES string of the molecule is CC(C)CN(C[C@H](O)[C@H](Cc1ccccc1)NC(=O)O)S(=O)(=O)c1ccc(N2C=C(c3ccco3)ON2)cc1. The van der Waals surface area contributed by atoms with Gasteiger partial charge in [-0.05, 0) is 54.3 Å². The molecule has 2 atom stereocenters. The first kappa shape index (κ1) is 28.2. The highest BCUT2D eigenvalue weighted by Crippen LogP contribution is 2.26. The summed E-state index contributed by atoms with van der Waals surface area (Å²) in [5.74, 6) is 0.964. The third-order valence-corrected chi connectivity index (χ3v) is 7.89. The fourth-order valence-corrected chi connectivity index (χ4v) is 5.80. The van der Waals surface area contributed by atoms with Crippen molar-refractivity contribution in [3.05, 3.63) is 90.5 Å². The fourth-order valence-electron chi connectivity index (χ4n) is 4.18. The summed E-state index contributed by atoms with van der Waals surface area (Å²) in [5.41, 5.74) is 4.16. The maximum atomic E-state index is 13.6. The van der Waals surface area contributed by atoms with Crippen LogP contribution in [0.4, 0.5) is 10.5 Å². The van der Waals surface area contributed by atoms with Gasteiger partial charge < -0.3 is 24.8 Å².